The fourth-order valence-corrected chi connectivity index (χ4v) is 3.94. The van der Waals surface area contributed by atoms with Crippen molar-refractivity contribution < 1.29 is 9.21 Å². The largest absolute Gasteiger partial charge is 0.406 e. The number of nitrogens with one attached hydrogen (secondary N) is 1. The van der Waals surface area contributed by atoms with Gasteiger partial charge in [-0.3, -0.25) is 4.79 Å². The zero-order valence-corrected chi connectivity index (χ0v) is 18.1. The standard InChI is InChI=1S/C25H30N4O2/c1-19-11-13-21(14-12-19)18-23(30)26-22(17-20-9-5-4-6-10-20)24-27-28-25(31-24)29-15-7-2-3-8-16-29/h4-6,9-14,22H,2-3,7-8,15-18H2,1H3,(H,26,30)/t22-/m0/s1. The zero-order valence-electron chi connectivity index (χ0n) is 18.1. The Bertz CT molecular complexity index is 961. The molecule has 162 valence electrons. The summed E-state index contributed by atoms with van der Waals surface area (Å²) in [4.78, 5) is 15.0. The normalized spacial score (nSPS) is 15.3. The van der Waals surface area contributed by atoms with Crippen molar-refractivity contribution in [3.05, 3.63) is 77.2 Å². The van der Waals surface area contributed by atoms with Crippen LogP contribution < -0.4 is 10.2 Å². The van der Waals surface area contributed by atoms with Gasteiger partial charge in [0.2, 0.25) is 11.8 Å². The van der Waals surface area contributed by atoms with Crippen LogP contribution in [0.2, 0.25) is 0 Å². The summed E-state index contributed by atoms with van der Waals surface area (Å²) in [6, 6.07) is 18.3. The molecule has 1 fully saturated rings. The number of aromatic nitrogens is 2. The topological polar surface area (TPSA) is 71.3 Å². The molecule has 0 radical (unpaired) electrons. The van der Waals surface area contributed by atoms with Crippen LogP contribution in [-0.2, 0) is 17.6 Å². The van der Waals surface area contributed by atoms with E-state index < -0.39 is 0 Å². The fraction of sp³-hybridized carbons (Fsp3) is 0.400. The summed E-state index contributed by atoms with van der Waals surface area (Å²) in [6.07, 6.45) is 5.67. The molecule has 1 atom stereocenters. The summed E-state index contributed by atoms with van der Waals surface area (Å²) in [5.41, 5.74) is 3.27. The van der Waals surface area contributed by atoms with E-state index in [1.807, 2.05) is 61.5 Å². The molecule has 1 amide bonds. The Hall–Kier alpha value is -3.15. The van der Waals surface area contributed by atoms with E-state index in [0.717, 1.165) is 37.1 Å². The molecule has 0 aliphatic carbocycles. The van der Waals surface area contributed by atoms with Gasteiger partial charge in [-0.05, 0) is 30.9 Å². The lowest BCUT2D eigenvalue weighted by molar-refractivity contribution is -0.121. The molecule has 1 N–H and O–H groups in total. The Kier molecular flexibility index (Phi) is 6.97. The molecule has 0 spiro atoms. The molecule has 1 saturated heterocycles. The SMILES string of the molecule is Cc1ccc(CC(=O)N[C@@H](Cc2ccccc2)c2nnc(N3CCCCCC3)o2)cc1. The van der Waals surface area contributed by atoms with Crippen LogP contribution in [0.4, 0.5) is 6.01 Å². The van der Waals surface area contributed by atoms with Crippen LogP contribution in [0.1, 0.15) is 54.3 Å². The summed E-state index contributed by atoms with van der Waals surface area (Å²) in [7, 11) is 0. The van der Waals surface area contributed by atoms with Gasteiger partial charge in [-0.2, -0.15) is 0 Å². The Labute approximate surface area is 183 Å². The predicted octanol–water partition coefficient (Wildman–Crippen LogP) is 4.40. The van der Waals surface area contributed by atoms with Crippen molar-refractivity contribution in [2.45, 2.75) is 51.5 Å². The molecule has 0 unspecified atom stereocenters. The van der Waals surface area contributed by atoms with Crippen molar-refractivity contribution in [1.82, 2.24) is 15.5 Å². The second-order valence-corrected chi connectivity index (χ2v) is 8.30. The second-order valence-electron chi connectivity index (χ2n) is 8.30. The van der Waals surface area contributed by atoms with Crippen LogP contribution in [0.5, 0.6) is 0 Å². The smallest absolute Gasteiger partial charge is 0.318 e. The molecule has 0 bridgehead atoms. The van der Waals surface area contributed by atoms with Gasteiger partial charge in [-0.1, -0.05) is 78.1 Å². The maximum Gasteiger partial charge on any atom is 0.318 e. The van der Waals surface area contributed by atoms with Crippen molar-refractivity contribution in [1.29, 1.82) is 0 Å². The third-order valence-corrected chi connectivity index (χ3v) is 5.71. The van der Waals surface area contributed by atoms with Crippen molar-refractivity contribution in [3.8, 4) is 0 Å². The Morgan fingerprint density at radius 3 is 2.39 bits per heavy atom. The van der Waals surface area contributed by atoms with E-state index in [9.17, 15) is 4.79 Å². The number of hydrogen-bond donors (Lipinski definition) is 1. The van der Waals surface area contributed by atoms with E-state index >= 15 is 0 Å². The van der Waals surface area contributed by atoms with Crippen LogP contribution in [0, 0.1) is 6.92 Å². The highest BCUT2D eigenvalue weighted by Gasteiger charge is 2.24. The highest BCUT2D eigenvalue weighted by atomic mass is 16.4. The number of carbonyl (C=O) groups is 1. The quantitative estimate of drug-likeness (QED) is 0.616. The molecule has 6 heteroatoms. The first-order valence-electron chi connectivity index (χ1n) is 11.1. The first kappa shape index (κ1) is 21.1. The summed E-state index contributed by atoms with van der Waals surface area (Å²) in [5, 5.41) is 11.7. The molecule has 0 saturated carbocycles. The number of carbonyl (C=O) groups excluding carboxylic acids is 1. The van der Waals surface area contributed by atoms with Crippen molar-refractivity contribution >= 4 is 11.9 Å². The van der Waals surface area contributed by atoms with Crippen LogP contribution in [0.3, 0.4) is 0 Å². The lowest BCUT2D eigenvalue weighted by Crippen LogP contribution is -2.31. The van der Waals surface area contributed by atoms with E-state index in [1.165, 1.54) is 18.4 Å². The fourth-order valence-electron chi connectivity index (χ4n) is 3.94. The van der Waals surface area contributed by atoms with E-state index in [0.29, 0.717) is 24.7 Å². The van der Waals surface area contributed by atoms with Gasteiger partial charge in [-0.15, -0.1) is 5.10 Å². The Morgan fingerprint density at radius 2 is 1.68 bits per heavy atom. The third-order valence-electron chi connectivity index (χ3n) is 5.71. The summed E-state index contributed by atoms with van der Waals surface area (Å²) >= 11 is 0. The van der Waals surface area contributed by atoms with E-state index in [-0.39, 0.29) is 11.9 Å². The van der Waals surface area contributed by atoms with E-state index in [1.54, 1.807) is 0 Å². The van der Waals surface area contributed by atoms with Gasteiger partial charge in [0.05, 0.1) is 6.42 Å². The maximum atomic E-state index is 12.8. The molecule has 3 aromatic rings. The number of benzene rings is 2. The number of rotatable bonds is 7. The Balaban J connectivity index is 1.50. The summed E-state index contributed by atoms with van der Waals surface area (Å²) in [5.74, 6) is 0.402. The van der Waals surface area contributed by atoms with Gasteiger partial charge in [0.25, 0.3) is 0 Å². The lowest BCUT2D eigenvalue weighted by Gasteiger charge is -2.18. The number of anilines is 1. The van der Waals surface area contributed by atoms with Gasteiger partial charge in [-0.25, -0.2) is 0 Å². The van der Waals surface area contributed by atoms with Crippen molar-refractivity contribution in [2.24, 2.45) is 0 Å². The minimum atomic E-state index is -0.367. The first-order valence-corrected chi connectivity index (χ1v) is 11.1. The van der Waals surface area contributed by atoms with Crippen LogP contribution in [0.15, 0.2) is 59.0 Å². The summed E-state index contributed by atoms with van der Waals surface area (Å²) < 4.78 is 6.07. The van der Waals surface area contributed by atoms with Crippen LogP contribution in [-0.4, -0.2) is 29.2 Å². The average Bonchev–Trinajstić information content (AvgIpc) is 3.11. The second kappa shape index (κ2) is 10.2. The van der Waals surface area contributed by atoms with E-state index in [4.69, 9.17) is 4.42 Å². The molecule has 1 aromatic heterocycles. The van der Waals surface area contributed by atoms with Gasteiger partial charge >= 0.3 is 6.01 Å². The van der Waals surface area contributed by atoms with Gasteiger partial charge < -0.3 is 14.6 Å². The highest BCUT2D eigenvalue weighted by molar-refractivity contribution is 5.79. The van der Waals surface area contributed by atoms with Gasteiger partial charge in [0.15, 0.2) is 0 Å². The number of amides is 1. The molecular formula is C25H30N4O2. The predicted molar refractivity (Wildman–Crippen MR) is 121 cm³/mol. The highest BCUT2D eigenvalue weighted by Crippen LogP contribution is 2.23. The monoisotopic (exact) mass is 418 g/mol. The lowest BCUT2D eigenvalue weighted by atomic mass is 10.0. The molecule has 4 rings (SSSR count). The maximum absolute atomic E-state index is 12.8. The van der Waals surface area contributed by atoms with Crippen molar-refractivity contribution in [2.75, 3.05) is 18.0 Å². The minimum Gasteiger partial charge on any atom is -0.406 e. The van der Waals surface area contributed by atoms with Gasteiger partial charge in [0, 0.05) is 19.5 Å². The average molecular weight is 419 g/mol. The molecule has 31 heavy (non-hydrogen) atoms. The molecule has 2 heterocycles. The van der Waals surface area contributed by atoms with Crippen LogP contribution >= 0.6 is 0 Å². The molecule has 6 nitrogen and oxygen atoms in total. The Morgan fingerprint density at radius 1 is 0.968 bits per heavy atom. The number of hydrogen-bond acceptors (Lipinski definition) is 5. The first-order chi connectivity index (χ1) is 15.2. The van der Waals surface area contributed by atoms with Gasteiger partial charge in [0.1, 0.15) is 6.04 Å². The molecule has 1 aliphatic rings. The van der Waals surface area contributed by atoms with Crippen molar-refractivity contribution in [3.63, 3.8) is 0 Å². The zero-order chi connectivity index (χ0) is 21.5. The summed E-state index contributed by atoms with van der Waals surface area (Å²) in [6.45, 7) is 3.91. The van der Waals surface area contributed by atoms with E-state index in [2.05, 4.69) is 20.4 Å². The third kappa shape index (κ3) is 5.94. The van der Waals surface area contributed by atoms with Crippen LogP contribution in [0.25, 0.3) is 0 Å². The number of aryl methyl sites for hydroxylation is 1. The molecule has 1 aliphatic heterocycles. The number of nitrogens with zero attached hydrogens (tertiary/aromatic N) is 3. The molecule has 2 aromatic carbocycles. The minimum absolute atomic E-state index is 0.0562. The molecular weight excluding hydrogens is 388 g/mol.